The lowest BCUT2D eigenvalue weighted by atomic mass is 9.89. The molecule has 2 aromatic rings. The van der Waals surface area contributed by atoms with E-state index in [0.29, 0.717) is 47.5 Å². The number of benzene rings is 2. The summed E-state index contributed by atoms with van der Waals surface area (Å²) >= 11 is 5.90. The smallest absolute Gasteiger partial charge is 0.279 e. The molecule has 0 radical (unpaired) electrons. The molecule has 0 aromatic heterocycles. The van der Waals surface area contributed by atoms with Crippen molar-refractivity contribution < 1.29 is 24.0 Å². The van der Waals surface area contributed by atoms with Crippen LogP contribution in [0, 0.1) is 5.92 Å². The zero-order valence-corrected chi connectivity index (χ0v) is 16.8. The van der Waals surface area contributed by atoms with Gasteiger partial charge in [0.15, 0.2) is 23.8 Å². The van der Waals surface area contributed by atoms with Gasteiger partial charge in [-0.05, 0) is 36.4 Å². The van der Waals surface area contributed by atoms with Gasteiger partial charge in [0.1, 0.15) is 13.2 Å². The first-order chi connectivity index (χ1) is 14.1. The van der Waals surface area contributed by atoms with Crippen LogP contribution in [0.4, 0.5) is 5.69 Å². The van der Waals surface area contributed by atoms with E-state index in [1.165, 1.54) is 4.90 Å². The molecule has 2 aliphatic heterocycles. The van der Waals surface area contributed by atoms with Crippen LogP contribution < -0.4 is 19.7 Å². The Morgan fingerprint density at radius 2 is 1.69 bits per heavy atom. The molecule has 2 aromatic carbocycles. The predicted molar refractivity (Wildman–Crippen MR) is 110 cm³/mol. The molecular weight excluding hydrogens is 392 g/mol. The summed E-state index contributed by atoms with van der Waals surface area (Å²) in [6, 6.07) is 12.5. The second-order valence-electron chi connectivity index (χ2n) is 7.48. The first-order valence-corrected chi connectivity index (χ1v) is 10.3. The molecule has 0 saturated carbocycles. The fraction of sp³-hybridized carbons (Fsp3) is 0.364. The van der Waals surface area contributed by atoms with E-state index in [1.54, 1.807) is 30.3 Å². The molecule has 1 fully saturated rings. The van der Waals surface area contributed by atoms with E-state index in [2.05, 4.69) is 5.32 Å². The molecule has 29 heavy (non-hydrogen) atoms. The van der Waals surface area contributed by atoms with Crippen molar-refractivity contribution in [1.29, 1.82) is 0 Å². The molecule has 7 heteroatoms. The number of hydrogen-bond donors (Lipinski definition) is 2. The van der Waals surface area contributed by atoms with Crippen LogP contribution in [-0.2, 0) is 4.79 Å². The van der Waals surface area contributed by atoms with Gasteiger partial charge in [0.25, 0.3) is 5.91 Å². The average Bonchev–Trinajstić information content (AvgIpc) is 2.74. The number of likely N-dealkylation sites (tertiary alicyclic amines) is 1. The van der Waals surface area contributed by atoms with Crippen molar-refractivity contribution in [2.45, 2.75) is 12.8 Å². The zero-order chi connectivity index (χ0) is 20.2. The summed E-state index contributed by atoms with van der Waals surface area (Å²) in [6.07, 6.45) is 1.57. The number of carbonyl (C=O) groups is 2. The van der Waals surface area contributed by atoms with Gasteiger partial charge in [0.05, 0.1) is 13.1 Å². The Morgan fingerprint density at radius 1 is 1.00 bits per heavy atom. The van der Waals surface area contributed by atoms with E-state index in [-0.39, 0.29) is 17.6 Å². The molecule has 0 aliphatic carbocycles. The van der Waals surface area contributed by atoms with Crippen molar-refractivity contribution in [2.75, 3.05) is 38.2 Å². The van der Waals surface area contributed by atoms with Gasteiger partial charge in [0.2, 0.25) is 0 Å². The minimum absolute atomic E-state index is 0.0146. The highest BCUT2D eigenvalue weighted by Gasteiger charge is 2.29. The first kappa shape index (κ1) is 19.7. The van der Waals surface area contributed by atoms with Crippen LogP contribution in [0.15, 0.2) is 42.5 Å². The summed E-state index contributed by atoms with van der Waals surface area (Å²) < 4.78 is 11.0. The number of piperidine rings is 1. The van der Waals surface area contributed by atoms with Crippen molar-refractivity contribution in [2.24, 2.45) is 5.92 Å². The average molecular weight is 416 g/mol. The van der Waals surface area contributed by atoms with Crippen LogP contribution in [0.25, 0.3) is 0 Å². The summed E-state index contributed by atoms with van der Waals surface area (Å²) in [5, 5.41) is 3.56. The predicted octanol–water partition coefficient (Wildman–Crippen LogP) is 2.23. The molecule has 0 spiro atoms. The lowest BCUT2D eigenvalue weighted by molar-refractivity contribution is -0.897. The zero-order valence-electron chi connectivity index (χ0n) is 16.1. The molecule has 2 N–H and O–H groups in total. The van der Waals surface area contributed by atoms with E-state index in [1.807, 2.05) is 12.1 Å². The van der Waals surface area contributed by atoms with Gasteiger partial charge in [-0.3, -0.25) is 9.59 Å². The van der Waals surface area contributed by atoms with Crippen LogP contribution in [0.5, 0.6) is 11.5 Å². The van der Waals surface area contributed by atoms with Gasteiger partial charge in [0, 0.05) is 41.1 Å². The van der Waals surface area contributed by atoms with E-state index in [9.17, 15) is 9.59 Å². The molecule has 2 aliphatic rings. The topological polar surface area (TPSA) is 69.1 Å². The summed E-state index contributed by atoms with van der Waals surface area (Å²) in [6.45, 7) is 3.05. The summed E-state index contributed by atoms with van der Waals surface area (Å²) in [5.41, 5.74) is 1.41. The van der Waals surface area contributed by atoms with Crippen LogP contribution in [0.3, 0.4) is 0 Å². The monoisotopic (exact) mass is 415 g/mol. The number of nitrogens with one attached hydrogen (secondary N) is 2. The van der Waals surface area contributed by atoms with Gasteiger partial charge < -0.3 is 19.7 Å². The maximum atomic E-state index is 12.6. The summed E-state index contributed by atoms with van der Waals surface area (Å²) in [5.74, 6) is 1.50. The second-order valence-corrected chi connectivity index (χ2v) is 7.92. The van der Waals surface area contributed by atoms with Crippen molar-refractivity contribution >= 4 is 29.0 Å². The molecular formula is C22H24ClN2O4+. The molecule has 2 heterocycles. The number of amides is 1. The van der Waals surface area contributed by atoms with Crippen LogP contribution in [0.1, 0.15) is 23.2 Å². The SMILES string of the molecule is O=C(C[NH+]1CCC(C(=O)c2ccc(Cl)cc2)CC1)Nc1ccc2c(c1)OCCO2. The number of Topliss-reactive ketones (excluding diaryl/α,β-unsaturated/α-hetero) is 1. The minimum atomic E-state index is -0.0424. The first-order valence-electron chi connectivity index (χ1n) is 9.91. The number of fused-ring (bicyclic) bond motifs is 1. The minimum Gasteiger partial charge on any atom is -0.486 e. The van der Waals surface area contributed by atoms with Crippen molar-refractivity contribution in [1.82, 2.24) is 0 Å². The Balaban J connectivity index is 1.26. The number of carbonyl (C=O) groups excluding carboxylic acids is 2. The third-order valence-electron chi connectivity index (χ3n) is 5.43. The number of halogens is 1. The molecule has 6 nitrogen and oxygen atoms in total. The quantitative estimate of drug-likeness (QED) is 0.735. The molecule has 1 amide bonds. The van der Waals surface area contributed by atoms with Gasteiger partial charge in [-0.25, -0.2) is 0 Å². The molecule has 0 bridgehead atoms. The molecule has 0 atom stereocenters. The van der Waals surface area contributed by atoms with Gasteiger partial charge in [-0.15, -0.1) is 0 Å². The molecule has 1 saturated heterocycles. The fourth-order valence-corrected chi connectivity index (χ4v) is 3.99. The summed E-state index contributed by atoms with van der Waals surface area (Å²) in [7, 11) is 0. The highest BCUT2D eigenvalue weighted by atomic mass is 35.5. The third-order valence-corrected chi connectivity index (χ3v) is 5.68. The van der Waals surface area contributed by atoms with Crippen molar-refractivity contribution in [3.63, 3.8) is 0 Å². The fourth-order valence-electron chi connectivity index (χ4n) is 3.87. The van der Waals surface area contributed by atoms with Crippen LogP contribution in [0.2, 0.25) is 5.02 Å². The number of rotatable bonds is 5. The Morgan fingerprint density at radius 3 is 2.41 bits per heavy atom. The van der Waals surface area contributed by atoms with E-state index >= 15 is 0 Å². The number of anilines is 1. The number of quaternary nitrogens is 1. The summed E-state index contributed by atoms with van der Waals surface area (Å²) in [4.78, 5) is 26.3. The molecule has 152 valence electrons. The Labute approximate surface area is 174 Å². The van der Waals surface area contributed by atoms with Crippen LogP contribution in [-0.4, -0.2) is 44.5 Å². The number of ketones is 1. The van der Waals surface area contributed by atoms with E-state index in [0.717, 1.165) is 25.9 Å². The Kier molecular flexibility index (Phi) is 6.02. The number of ether oxygens (including phenoxy) is 2. The van der Waals surface area contributed by atoms with Gasteiger partial charge >= 0.3 is 0 Å². The standard InChI is InChI=1S/C22H23ClN2O4/c23-17-3-1-15(2-4-17)22(27)16-7-9-25(10-8-16)14-21(26)24-18-5-6-19-20(13-18)29-12-11-28-19/h1-6,13,16H,7-12,14H2,(H,24,26)/p+1. The van der Waals surface area contributed by atoms with Gasteiger partial charge in [-0.1, -0.05) is 11.6 Å². The van der Waals surface area contributed by atoms with E-state index < -0.39 is 0 Å². The number of hydrogen-bond acceptors (Lipinski definition) is 4. The Hall–Kier alpha value is -2.57. The molecule has 4 rings (SSSR count). The van der Waals surface area contributed by atoms with Gasteiger partial charge in [-0.2, -0.15) is 0 Å². The lowest BCUT2D eigenvalue weighted by Gasteiger charge is -2.28. The highest BCUT2D eigenvalue weighted by Crippen LogP contribution is 2.32. The van der Waals surface area contributed by atoms with Crippen molar-refractivity contribution in [3.05, 3.63) is 53.1 Å². The van der Waals surface area contributed by atoms with E-state index in [4.69, 9.17) is 21.1 Å². The van der Waals surface area contributed by atoms with Crippen LogP contribution >= 0.6 is 11.6 Å². The lowest BCUT2D eigenvalue weighted by Crippen LogP contribution is -3.14. The Bertz CT molecular complexity index is 892. The second kappa shape index (κ2) is 8.84. The third kappa shape index (κ3) is 4.89. The normalized spacial score (nSPS) is 20.7. The largest absolute Gasteiger partial charge is 0.486 e. The highest BCUT2D eigenvalue weighted by molar-refractivity contribution is 6.30. The maximum Gasteiger partial charge on any atom is 0.279 e. The van der Waals surface area contributed by atoms with Crippen molar-refractivity contribution in [3.8, 4) is 11.5 Å². The molecule has 0 unspecified atom stereocenters. The maximum absolute atomic E-state index is 12.6.